The molecule has 7 heteroatoms. The maximum absolute atomic E-state index is 12.3. The summed E-state index contributed by atoms with van der Waals surface area (Å²) in [6, 6.07) is 14.0. The SMILES string of the molecule is CC(C)COc1cccc(C(=O)NCc2ccc(CS(N)(=O)=O)cc2)c1. The summed E-state index contributed by atoms with van der Waals surface area (Å²) < 4.78 is 27.8. The van der Waals surface area contributed by atoms with E-state index in [0.29, 0.717) is 35.9 Å². The van der Waals surface area contributed by atoms with E-state index in [1.165, 1.54) is 0 Å². The summed E-state index contributed by atoms with van der Waals surface area (Å²) in [5, 5.41) is 7.86. The summed E-state index contributed by atoms with van der Waals surface area (Å²) in [6.07, 6.45) is 0. The number of hydrogen-bond donors (Lipinski definition) is 2. The van der Waals surface area contributed by atoms with Gasteiger partial charge >= 0.3 is 0 Å². The van der Waals surface area contributed by atoms with Gasteiger partial charge in [0.15, 0.2) is 0 Å². The Morgan fingerprint density at radius 3 is 2.38 bits per heavy atom. The first-order valence-electron chi connectivity index (χ1n) is 8.32. The predicted octanol–water partition coefficient (Wildman–Crippen LogP) is 2.44. The number of nitrogens with two attached hydrogens (primary N) is 1. The quantitative estimate of drug-likeness (QED) is 0.739. The maximum Gasteiger partial charge on any atom is 0.251 e. The van der Waals surface area contributed by atoms with Crippen LogP contribution in [0.5, 0.6) is 5.75 Å². The molecule has 0 saturated heterocycles. The lowest BCUT2D eigenvalue weighted by Gasteiger charge is -2.10. The Balaban J connectivity index is 1.93. The average Bonchev–Trinajstić information content (AvgIpc) is 2.58. The second-order valence-corrected chi connectivity index (χ2v) is 8.15. The van der Waals surface area contributed by atoms with Crippen LogP contribution in [-0.2, 0) is 22.3 Å². The smallest absolute Gasteiger partial charge is 0.251 e. The van der Waals surface area contributed by atoms with Crippen molar-refractivity contribution < 1.29 is 17.9 Å². The van der Waals surface area contributed by atoms with Crippen LogP contribution in [0.2, 0.25) is 0 Å². The summed E-state index contributed by atoms with van der Waals surface area (Å²) >= 11 is 0. The van der Waals surface area contributed by atoms with E-state index in [1.807, 2.05) is 6.07 Å². The Morgan fingerprint density at radius 1 is 1.12 bits per heavy atom. The van der Waals surface area contributed by atoms with E-state index in [4.69, 9.17) is 9.88 Å². The van der Waals surface area contributed by atoms with Crippen molar-refractivity contribution in [1.82, 2.24) is 5.32 Å². The molecule has 0 aliphatic carbocycles. The highest BCUT2D eigenvalue weighted by Crippen LogP contribution is 2.14. The summed E-state index contributed by atoms with van der Waals surface area (Å²) in [7, 11) is -3.55. The lowest BCUT2D eigenvalue weighted by Crippen LogP contribution is -2.22. The van der Waals surface area contributed by atoms with Crippen LogP contribution >= 0.6 is 0 Å². The Kier molecular flexibility index (Phi) is 6.76. The molecule has 0 aromatic heterocycles. The van der Waals surface area contributed by atoms with Gasteiger partial charge in [0.25, 0.3) is 5.91 Å². The Bertz CT molecular complexity index is 846. The van der Waals surface area contributed by atoms with Crippen LogP contribution in [0.15, 0.2) is 48.5 Å². The molecule has 0 fully saturated rings. The van der Waals surface area contributed by atoms with Gasteiger partial charge in [0, 0.05) is 12.1 Å². The summed E-state index contributed by atoms with van der Waals surface area (Å²) in [4.78, 5) is 12.3. The third-order valence-corrected chi connectivity index (χ3v) is 4.26. The van der Waals surface area contributed by atoms with Gasteiger partial charge in [0.05, 0.1) is 12.4 Å². The number of benzene rings is 2. The molecule has 0 spiro atoms. The fourth-order valence-corrected chi connectivity index (χ4v) is 2.92. The fourth-order valence-electron chi connectivity index (χ4n) is 2.26. The molecule has 2 aromatic rings. The summed E-state index contributed by atoms with van der Waals surface area (Å²) in [6.45, 7) is 5.05. The first-order chi connectivity index (χ1) is 12.2. The van der Waals surface area contributed by atoms with Crippen molar-refractivity contribution >= 4 is 15.9 Å². The topological polar surface area (TPSA) is 98.5 Å². The number of ether oxygens (including phenoxy) is 1. The van der Waals surface area contributed by atoms with Crippen molar-refractivity contribution in [2.75, 3.05) is 6.61 Å². The molecule has 0 aliphatic heterocycles. The van der Waals surface area contributed by atoms with Crippen LogP contribution in [0.3, 0.4) is 0 Å². The van der Waals surface area contributed by atoms with E-state index in [-0.39, 0.29) is 11.7 Å². The second kappa shape index (κ2) is 8.82. The van der Waals surface area contributed by atoms with Gasteiger partial charge in [-0.3, -0.25) is 4.79 Å². The number of rotatable bonds is 8. The Hall–Kier alpha value is -2.38. The minimum absolute atomic E-state index is 0.200. The van der Waals surface area contributed by atoms with Gasteiger partial charge < -0.3 is 10.1 Å². The van der Waals surface area contributed by atoms with E-state index in [0.717, 1.165) is 5.56 Å². The third-order valence-electron chi connectivity index (χ3n) is 3.52. The molecule has 3 N–H and O–H groups in total. The molecular weight excluding hydrogens is 352 g/mol. The van der Waals surface area contributed by atoms with Gasteiger partial charge in [0.2, 0.25) is 10.0 Å². The maximum atomic E-state index is 12.3. The Labute approximate surface area is 154 Å². The van der Waals surface area contributed by atoms with Crippen LogP contribution in [-0.4, -0.2) is 20.9 Å². The number of primary sulfonamides is 1. The van der Waals surface area contributed by atoms with Crippen LogP contribution in [0, 0.1) is 5.92 Å². The number of carbonyl (C=O) groups excluding carboxylic acids is 1. The zero-order valence-corrected chi connectivity index (χ0v) is 15.8. The van der Waals surface area contributed by atoms with Crippen molar-refractivity contribution in [2.24, 2.45) is 11.1 Å². The molecule has 26 heavy (non-hydrogen) atoms. The molecule has 0 aliphatic rings. The zero-order valence-electron chi connectivity index (χ0n) is 14.9. The van der Waals surface area contributed by atoms with E-state index >= 15 is 0 Å². The molecular formula is C19H24N2O4S. The van der Waals surface area contributed by atoms with E-state index < -0.39 is 10.0 Å². The third kappa shape index (κ3) is 6.85. The molecule has 0 unspecified atom stereocenters. The van der Waals surface area contributed by atoms with Crippen LogP contribution in [0.4, 0.5) is 0 Å². The number of sulfonamides is 1. The predicted molar refractivity (Wildman–Crippen MR) is 101 cm³/mol. The summed E-state index contributed by atoms with van der Waals surface area (Å²) in [5.41, 5.74) is 2.00. The molecule has 0 heterocycles. The summed E-state index contributed by atoms with van der Waals surface area (Å²) in [5.74, 6) is 0.667. The number of carbonyl (C=O) groups is 1. The molecule has 2 aromatic carbocycles. The molecule has 0 saturated carbocycles. The van der Waals surface area contributed by atoms with Crippen molar-refractivity contribution in [1.29, 1.82) is 0 Å². The second-order valence-electron chi connectivity index (χ2n) is 6.54. The van der Waals surface area contributed by atoms with Crippen LogP contribution < -0.4 is 15.2 Å². The van der Waals surface area contributed by atoms with E-state index in [2.05, 4.69) is 19.2 Å². The molecule has 0 radical (unpaired) electrons. The van der Waals surface area contributed by atoms with Gasteiger partial charge in [-0.1, -0.05) is 44.2 Å². The molecule has 1 amide bonds. The van der Waals surface area contributed by atoms with Gasteiger partial charge in [-0.05, 0) is 35.2 Å². The van der Waals surface area contributed by atoms with E-state index in [1.54, 1.807) is 42.5 Å². The van der Waals surface area contributed by atoms with Crippen LogP contribution in [0.25, 0.3) is 0 Å². The lowest BCUT2D eigenvalue weighted by atomic mass is 10.1. The molecule has 2 rings (SSSR count). The number of amides is 1. The highest BCUT2D eigenvalue weighted by atomic mass is 32.2. The first kappa shape index (κ1) is 19.9. The van der Waals surface area contributed by atoms with Gasteiger partial charge in [-0.15, -0.1) is 0 Å². The number of hydrogen-bond acceptors (Lipinski definition) is 4. The minimum atomic E-state index is -3.55. The normalized spacial score (nSPS) is 11.4. The van der Waals surface area contributed by atoms with Crippen molar-refractivity contribution in [2.45, 2.75) is 26.1 Å². The van der Waals surface area contributed by atoms with Gasteiger partial charge in [-0.2, -0.15) is 0 Å². The van der Waals surface area contributed by atoms with Crippen molar-refractivity contribution in [3.8, 4) is 5.75 Å². The van der Waals surface area contributed by atoms with E-state index in [9.17, 15) is 13.2 Å². The lowest BCUT2D eigenvalue weighted by molar-refractivity contribution is 0.0950. The molecule has 6 nitrogen and oxygen atoms in total. The molecule has 0 atom stereocenters. The van der Waals surface area contributed by atoms with Gasteiger partial charge in [-0.25, -0.2) is 13.6 Å². The largest absolute Gasteiger partial charge is 0.493 e. The minimum Gasteiger partial charge on any atom is -0.493 e. The standard InChI is InChI=1S/C19H24N2O4S/c1-14(2)12-25-18-5-3-4-17(10-18)19(22)21-11-15-6-8-16(9-7-15)13-26(20,23)24/h3-10,14H,11-13H2,1-2H3,(H,21,22)(H2,20,23,24). The monoisotopic (exact) mass is 376 g/mol. The molecule has 140 valence electrons. The van der Waals surface area contributed by atoms with Gasteiger partial charge in [0.1, 0.15) is 5.75 Å². The van der Waals surface area contributed by atoms with Crippen molar-refractivity contribution in [3.05, 3.63) is 65.2 Å². The fraction of sp³-hybridized carbons (Fsp3) is 0.316. The van der Waals surface area contributed by atoms with Crippen LogP contribution in [0.1, 0.15) is 35.3 Å². The average molecular weight is 376 g/mol. The highest BCUT2D eigenvalue weighted by molar-refractivity contribution is 7.88. The Morgan fingerprint density at radius 2 is 1.77 bits per heavy atom. The van der Waals surface area contributed by atoms with Crippen molar-refractivity contribution in [3.63, 3.8) is 0 Å². The highest BCUT2D eigenvalue weighted by Gasteiger charge is 2.08. The molecule has 0 bridgehead atoms. The zero-order chi connectivity index (χ0) is 19.2. The first-order valence-corrected chi connectivity index (χ1v) is 10.0. The number of nitrogens with one attached hydrogen (secondary N) is 1.